The SMILES string of the molecule is CCCCCCCCCn1c(CCCNC(=O)C2CCCCC2)nc2ccccc21. The summed E-state index contributed by atoms with van der Waals surface area (Å²) in [6.07, 6.45) is 17.0. The topological polar surface area (TPSA) is 46.9 Å². The molecule has 0 atom stereocenters. The Hall–Kier alpha value is -1.84. The van der Waals surface area contributed by atoms with Crippen LogP contribution in [-0.2, 0) is 17.8 Å². The molecule has 166 valence electrons. The van der Waals surface area contributed by atoms with E-state index >= 15 is 0 Å². The van der Waals surface area contributed by atoms with Gasteiger partial charge in [0, 0.05) is 25.4 Å². The van der Waals surface area contributed by atoms with Gasteiger partial charge < -0.3 is 9.88 Å². The van der Waals surface area contributed by atoms with Gasteiger partial charge in [-0.2, -0.15) is 0 Å². The van der Waals surface area contributed by atoms with Crippen molar-refractivity contribution in [1.82, 2.24) is 14.9 Å². The average molecular weight is 412 g/mol. The first-order chi connectivity index (χ1) is 14.8. The third kappa shape index (κ3) is 6.85. The first-order valence-electron chi connectivity index (χ1n) is 12.5. The summed E-state index contributed by atoms with van der Waals surface area (Å²) in [6.45, 7) is 4.08. The number of unbranched alkanes of at least 4 members (excludes halogenated alkanes) is 6. The van der Waals surface area contributed by atoms with E-state index in [0.717, 1.165) is 44.3 Å². The minimum absolute atomic E-state index is 0.251. The van der Waals surface area contributed by atoms with E-state index in [1.165, 1.54) is 75.5 Å². The minimum atomic E-state index is 0.251. The summed E-state index contributed by atoms with van der Waals surface area (Å²) in [5.74, 6) is 1.70. The number of amides is 1. The molecule has 0 aliphatic heterocycles. The van der Waals surface area contributed by atoms with E-state index in [-0.39, 0.29) is 11.8 Å². The number of rotatable bonds is 13. The zero-order chi connectivity index (χ0) is 21.0. The number of fused-ring (bicyclic) bond motifs is 1. The molecule has 1 amide bonds. The van der Waals surface area contributed by atoms with Gasteiger partial charge in [-0.15, -0.1) is 0 Å². The van der Waals surface area contributed by atoms with Crippen LogP contribution in [0.5, 0.6) is 0 Å². The highest BCUT2D eigenvalue weighted by molar-refractivity contribution is 5.78. The lowest BCUT2D eigenvalue weighted by Crippen LogP contribution is -2.32. The van der Waals surface area contributed by atoms with Gasteiger partial charge in [-0.05, 0) is 37.8 Å². The fourth-order valence-corrected chi connectivity index (χ4v) is 4.76. The average Bonchev–Trinajstić information content (AvgIpc) is 3.14. The van der Waals surface area contributed by atoms with Crippen LogP contribution in [0.25, 0.3) is 11.0 Å². The molecule has 1 N–H and O–H groups in total. The van der Waals surface area contributed by atoms with Crippen molar-refractivity contribution in [3.63, 3.8) is 0 Å². The number of benzene rings is 1. The van der Waals surface area contributed by atoms with Gasteiger partial charge in [-0.1, -0.05) is 76.8 Å². The fraction of sp³-hybridized carbons (Fsp3) is 0.692. The Kier molecular flexibility index (Phi) is 9.72. The second-order valence-electron chi connectivity index (χ2n) is 9.02. The molecule has 3 rings (SSSR count). The van der Waals surface area contributed by atoms with Crippen molar-refractivity contribution in [2.24, 2.45) is 5.92 Å². The molecule has 1 aromatic heterocycles. The number of aromatic nitrogens is 2. The molecule has 1 aliphatic rings. The van der Waals surface area contributed by atoms with Crippen molar-refractivity contribution >= 4 is 16.9 Å². The maximum absolute atomic E-state index is 12.4. The Morgan fingerprint density at radius 1 is 1.00 bits per heavy atom. The summed E-state index contributed by atoms with van der Waals surface area (Å²) in [7, 11) is 0. The molecule has 0 spiro atoms. The lowest BCUT2D eigenvalue weighted by molar-refractivity contribution is -0.125. The van der Waals surface area contributed by atoms with Crippen LogP contribution in [0, 0.1) is 5.92 Å². The van der Waals surface area contributed by atoms with Crippen molar-refractivity contribution in [2.75, 3.05) is 6.54 Å². The number of hydrogen-bond acceptors (Lipinski definition) is 2. The zero-order valence-electron chi connectivity index (χ0n) is 19.0. The maximum Gasteiger partial charge on any atom is 0.223 e. The number of imidazole rings is 1. The van der Waals surface area contributed by atoms with Crippen LogP contribution in [0.3, 0.4) is 0 Å². The number of nitrogens with one attached hydrogen (secondary N) is 1. The normalized spacial score (nSPS) is 15.0. The van der Waals surface area contributed by atoms with Crippen LogP contribution in [-0.4, -0.2) is 22.0 Å². The molecule has 30 heavy (non-hydrogen) atoms. The van der Waals surface area contributed by atoms with Crippen LogP contribution in [0.1, 0.15) is 96.2 Å². The highest BCUT2D eigenvalue weighted by Gasteiger charge is 2.20. The smallest absolute Gasteiger partial charge is 0.223 e. The summed E-state index contributed by atoms with van der Waals surface area (Å²) in [5.41, 5.74) is 2.35. The van der Waals surface area contributed by atoms with Crippen LogP contribution < -0.4 is 5.32 Å². The van der Waals surface area contributed by atoms with Gasteiger partial charge in [0.05, 0.1) is 11.0 Å². The molecule has 1 fully saturated rings. The summed E-state index contributed by atoms with van der Waals surface area (Å²) in [4.78, 5) is 17.3. The van der Waals surface area contributed by atoms with E-state index in [9.17, 15) is 4.79 Å². The molecular weight excluding hydrogens is 370 g/mol. The Morgan fingerprint density at radius 2 is 1.73 bits per heavy atom. The molecule has 0 bridgehead atoms. The Bertz CT molecular complexity index is 761. The van der Waals surface area contributed by atoms with Gasteiger partial charge in [-0.3, -0.25) is 4.79 Å². The third-order valence-corrected chi connectivity index (χ3v) is 6.57. The Balaban J connectivity index is 1.47. The molecule has 1 heterocycles. The first kappa shape index (κ1) is 22.8. The summed E-state index contributed by atoms with van der Waals surface area (Å²) >= 11 is 0. The van der Waals surface area contributed by atoms with E-state index in [1.54, 1.807) is 0 Å². The quantitative estimate of drug-likeness (QED) is 0.387. The zero-order valence-corrected chi connectivity index (χ0v) is 19.0. The van der Waals surface area contributed by atoms with Crippen molar-refractivity contribution in [3.8, 4) is 0 Å². The summed E-state index contributed by atoms with van der Waals surface area (Å²) < 4.78 is 2.42. The Morgan fingerprint density at radius 3 is 2.53 bits per heavy atom. The molecule has 1 aliphatic carbocycles. The molecule has 4 nitrogen and oxygen atoms in total. The van der Waals surface area contributed by atoms with Gasteiger partial charge in [-0.25, -0.2) is 4.98 Å². The van der Waals surface area contributed by atoms with Gasteiger partial charge in [0.1, 0.15) is 5.82 Å². The van der Waals surface area contributed by atoms with Crippen LogP contribution in [0.4, 0.5) is 0 Å². The van der Waals surface area contributed by atoms with E-state index in [4.69, 9.17) is 4.98 Å². The standard InChI is InChI=1S/C26H41N3O/c1-2-3-4-5-6-7-13-21-29-24-18-12-11-17-23(24)28-25(29)19-14-20-27-26(30)22-15-9-8-10-16-22/h11-12,17-18,22H,2-10,13-16,19-21H2,1H3,(H,27,30). The minimum Gasteiger partial charge on any atom is -0.356 e. The molecular formula is C26H41N3O. The van der Waals surface area contributed by atoms with Crippen LogP contribution in [0.15, 0.2) is 24.3 Å². The maximum atomic E-state index is 12.4. The summed E-state index contributed by atoms with van der Waals surface area (Å²) in [5, 5.41) is 3.18. The summed E-state index contributed by atoms with van der Waals surface area (Å²) in [6, 6.07) is 8.49. The van der Waals surface area contributed by atoms with Crippen molar-refractivity contribution in [3.05, 3.63) is 30.1 Å². The lowest BCUT2D eigenvalue weighted by atomic mass is 9.89. The second kappa shape index (κ2) is 12.8. The van der Waals surface area contributed by atoms with Gasteiger partial charge in [0.15, 0.2) is 0 Å². The van der Waals surface area contributed by atoms with Gasteiger partial charge in [0.2, 0.25) is 5.91 Å². The molecule has 1 saturated carbocycles. The molecule has 0 unspecified atom stereocenters. The molecule has 2 aromatic rings. The molecule has 1 aromatic carbocycles. The highest BCUT2D eigenvalue weighted by Crippen LogP contribution is 2.23. The van der Waals surface area contributed by atoms with E-state index in [2.05, 4.69) is 41.1 Å². The van der Waals surface area contributed by atoms with Crippen LogP contribution in [0.2, 0.25) is 0 Å². The second-order valence-corrected chi connectivity index (χ2v) is 9.02. The number of nitrogens with zero attached hydrogens (tertiary/aromatic N) is 2. The highest BCUT2D eigenvalue weighted by atomic mass is 16.1. The first-order valence-corrected chi connectivity index (χ1v) is 12.5. The molecule has 4 heteroatoms. The van der Waals surface area contributed by atoms with Crippen molar-refractivity contribution < 1.29 is 4.79 Å². The van der Waals surface area contributed by atoms with Crippen LogP contribution >= 0.6 is 0 Å². The van der Waals surface area contributed by atoms with Gasteiger partial charge in [0.25, 0.3) is 0 Å². The number of carbonyl (C=O) groups excluding carboxylic acids is 1. The van der Waals surface area contributed by atoms with E-state index in [0.29, 0.717) is 0 Å². The molecule has 0 radical (unpaired) electrons. The largest absolute Gasteiger partial charge is 0.356 e. The number of aryl methyl sites for hydroxylation is 2. The fourth-order valence-electron chi connectivity index (χ4n) is 4.76. The van der Waals surface area contributed by atoms with E-state index < -0.39 is 0 Å². The monoisotopic (exact) mass is 411 g/mol. The van der Waals surface area contributed by atoms with Gasteiger partial charge >= 0.3 is 0 Å². The lowest BCUT2D eigenvalue weighted by Gasteiger charge is -2.20. The number of para-hydroxylation sites is 2. The van der Waals surface area contributed by atoms with E-state index in [1.807, 2.05) is 0 Å². The Labute approximate surface area is 182 Å². The predicted octanol–water partition coefficient (Wildman–Crippen LogP) is 6.42. The number of carbonyl (C=O) groups is 1. The van der Waals surface area contributed by atoms with Crippen molar-refractivity contribution in [2.45, 2.75) is 103 Å². The third-order valence-electron chi connectivity index (χ3n) is 6.57. The van der Waals surface area contributed by atoms with Crippen molar-refractivity contribution in [1.29, 1.82) is 0 Å². The number of hydrogen-bond donors (Lipinski definition) is 1. The predicted molar refractivity (Wildman–Crippen MR) is 126 cm³/mol. The molecule has 0 saturated heterocycles.